The second-order valence-corrected chi connectivity index (χ2v) is 6.90. The Kier molecular flexibility index (Phi) is 7.85. The molecule has 1 heterocycles. The molecular formula is C21H31N3O2. The molecule has 0 saturated heterocycles. The molecule has 0 fully saturated rings. The van der Waals surface area contributed by atoms with Crippen LogP contribution in [0.1, 0.15) is 44.0 Å². The Morgan fingerprint density at radius 2 is 2.08 bits per heavy atom. The highest BCUT2D eigenvalue weighted by Gasteiger charge is 2.11. The molecule has 142 valence electrons. The van der Waals surface area contributed by atoms with E-state index in [2.05, 4.69) is 41.3 Å². The van der Waals surface area contributed by atoms with Crippen LogP contribution in [-0.4, -0.2) is 48.2 Å². The van der Waals surface area contributed by atoms with Gasteiger partial charge in [0.15, 0.2) is 0 Å². The summed E-state index contributed by atoms with van der Waals surface area (Å²) in [4.78, 5) is 18.4. The van der Waals surface area contributed by atoms with E-state index in [1.165, 1.54) is 38.9 Å². The maximum absolute atomic E-state index is 11.3. The highest BCUT2D eigenvalue weighted by Crippen LogP contribution is 2.20. The second kappa shape index (κ2) is 10.1. The number of benzene rings is 1. The first-order chi connectivity index (χ1) is 12.5. The van der Waals surface area contributed by atoms with Gasteiger partial charge in [0.25, 0.3) is 0 Å². The van der Waals surface area contributed by atoms with Crippen LogP contribution < -0.4 is 0 Å². The van der Waals surface area contributed by atoms with Crippen LogP contribution in [0.15, 0.2) is 24.3 Å². The van der Waals surface area contributed by atoms with E-state index in [-0.39, 0.29) is 5.97 Å². The summed E-state index contributed by atoms with van der Waals surface area (Å²) in [5.41, 5.74) is 3.10. The summed E-state index contributed by atoms with van der Waals surface area (Å²) in [7, 11) is 5.57. The molecule has 0 aliphatic carbocycles. The SMILES string of the molecule is CCCCCCc1nc2cc(/C=C/C(=O)OC)ccc2n1CCN(C)C. The topological polar surface area (TPSA) is 47.4 Å². The van der Waals surface area contributed by atoms with Crippen LogP contribution in [0.25, 0.3) is 17.1 Å². The van der Waals surface area contributed by atoms with Crippen LogP contribution in [0.3, 0.4) is 0 Å². The molecule has 2 aromatic rings. The zero-order valence-corrected chi connectivity index (χ0v) is 16.5. The summed E-state index contributed by atoms with van der Waals surface area (Å²) in [6.07, 6.45) is 9.17. The lowest BCUT2D eigenvalue weighted by Gasteiger charge is -2.13. The predicted octanol–water partition coefficient (Wildman–Crippen LogP) is 3.91. The lowest BCUT2D eigenvalue weighted by molar-refractivity contribution is -0.134. The molecule has 5 heteroatoms. The fraction of sp³-hybridized carbons (Fsp3) is 0.524. The molecule has 26 heavy (non-hydrogen) atoms. The highest BCUT2D eigenvalue weighted by molar-refractivity contribution is 5.88. The van der Waals surface area contributed by atoms with E-state index in [1.807, 2.05) is 12.1 Å². The largest absolute Gasteiger partial charge is 0.466 e. The van der Waals surface area contributed by atoms with Gasteiger partial charge in [0.2, 0.25) is 0 Å². The van der Waals surface area contributed by atoms with Crippen molar-refractivity contribution in [1.82, 2.24) is 14.5 Å². The molecular weight excluding hydrogens is 326 g/mol. The zero-order valence-electron chi connectivity index (χ0n) is 16.5. The van der Waals surface area contributed by atoms with Gasteiger partial charge in [-0.3, -0.25) is 0 Å². The van der Waals surface area contributed by atoms with Gasteiger partial charge in [0.1, 0.15) is 5.82 Å². The molecule has 1 aromatic heterocycles. The average Bonchev–Trinajstić information content (AvgIpc) is 2.98. The number of fused-ring (bicyclic) bond motifs is 1. The van der Waals surface area contributed by atoms with Crippen LogP contribution >= 0.6 is 0 Å². The number of esters is 1. The summed E-state index contributed by atoms with van der Waals surface area (Å²) in [6.45, 7) is 4.15. The molecule has 0 saturated carbocycles. The van der Waals surface area contributed by atoms with Crippen molar-refractivity contribution in [3.05, 3.63) is 35.7 Å². The first-order valence-electron chi connectivity index (χ1n) is 9.45. The number of imidazole rings is 1. The molecule has 2 rings (SSSR count). The van der Waals surface area contributed by atoms with Crippen molar-refractivity contribution in [3.8, 4) is 0 Å². The van der Waals surface area contributed by atoms with Gasteiger partial charge in [-0.1, -0.05) is 32.3 Å². The fourth-order valence-corrected chi connectivity index (χ4v) is 2.98. The molecule has 0 aliphatic rings. The van der Waals surface area contributed by atoms with E-state index in [0.717, 1.165) is 41.9 Å². The Bertz CT molecular complexity index is 747. The van der Waals surface area contributed by atoms with E-state index in [0.29, 0.717) is 0 Å². The van der Waals surface area contributed by atoms with Crippen molar-refractivity contribution in [1.29, 1.82) is 0 Å². The number of unbranched alkanes of at least 4 members (excludes halogenated alkanes) is 3. The molecule has 0 N–H and O–H groups in total. The molecule has 0 amide bonds. The molecule has 0 aliphatic heterocycles. The quantitative estimate of drug-likeness (QED) is 0.367. The van der Waals surface area contributed by atoms with Crippen molar-refractivity contribution in [3.63, 3.8) is 0 Å². The maximum atomic E-state index is 11.3. The number of methoxy groups -OCH3 is 1. The Labute approximate surface area is 156 Å². The first-order valence-corrected chi connectivity index (χ1v) is 9.45. The third-order valence-corrected chi connectivity index (χ3v) is 4.49. The Hall–Kier alpha value is -2.14. The number of likely N-dealkylation sites (N-methyl/N-ethyl adjacent to an activating group) is 1. The van der Waals surface area contributed by atoms with Gasteiger partial charge in [-0.25, -0.2) is 9.78 Å². The molecule has 0 radical (unpaired) electrons. The maximum Gasteiger partial charge on any atom is 0.330 e. The van der Waals surface area contributed by atoms with E-state index >= 15 is 0 Å². The van der Waals surface area contributed by atoms with Crippen molar-refractivity contribution in [2.24, 2.45) is 0 Å². The normalized spacial score (nSPS) is 11.7. The van der Waals surface area contributed by atoms with Gasteiger partial charge < -0.3 is 14.2 Å². The first kappa shape index (κ1) is 20.2. The number of aryl methyl sites for hydroxylation is 1. The number of hydrogen-bond acceptors (Lipinski definition) is 4. The fourth-order valence-electron chi connectivity index (χ4n) is 2.98. The molecule has 1 aromatic carbocycles. The number of hydrogen-bond donors (Lipinski definition) is 0. The number of nitrogens with zero attached hydrogens (tertiary/aromatic N) is 3. The number of aromatic nitrogens is 2. The minimum atomic E-state index is -0.349. The standard InChI is InChI=1S/C21H31N3O2/c1-5-6-7-8-9-20-22-18-16-17(11-13-21(25)26-4)10-12-19(18)24(20)15-14-23(2)3/h10-13,16H,5-9,14-15H2,1-4H3/b13-11+. The molecule has 0 unspecified atom stereocenters. The molecule has 0 spiro atoms. The van der Waals surface area contributed by atoms with Crippen LogP contribution in [-0.2, 0) is 22.5 Å². The highest BCUT2D eigenvalue weighted by atomic mass is 16.5. The lowest BCUT2D eigenvalue weighted by atomic mass is 10.1. The Morgan fingerprint density at radius 1 is 1.27 bits per heavy atom. The van der Waals surface area contributed by atoms with E-state index in [9.17, 15) is 4.79 Å². The van der Waals surface area contributed by atoms with E-state index in [1.54, 1.807) is 6.08 Å². The number of ether oxygens (including phenoxy) is 1. The van der Waals surface area contributed by atoms with E-state index in [4.69, 9.17) is 4.98 Å². The van der Waals surface area contributed by atoms with Gasteiger partial charge >= 0.3 is 5.97 Å². The van der Waals surface area contributed by atoms with E-state index < -0.39 is 0 Å². The number of carbonyl (C=O) groups is 1. The third kappa shape index (κ3) is 5.70. The molecule has 0 atom stereocenters. The summed E-state index contributed by atoms with van der Waals surface area (Å²) >= 11 is 0. The molecule has 5 nitrogen and oxygen atoms in total. The predicted molar refractivity (Wildman–Crippen MR) is 107 cm³/mol. The summed E-state index contributed by atoms with van der Waals surface area (Å²) < 4.78 is 6.99. The van der Waals surface area contributed by atoms with Crippen molar-refractivity contribution < 1.29 is 9.53 Å². The van der Waals surface area contributed by atoms with Gasteiger partial charge in [0, 0.05) is 25.6 Å². The smallest absolute Gasteiger partial charge is 0.330 e. The van der Waals surface area contributed by atoms with Crippen molar-refractivity contribution in [2.75, 3.05) is 27.7 Å². The van der Waals surface area contributed by atoms with Crippen molar-refractivity contribution in [2.45, 2.75) is 45.6 Å². The zero-order chi connectivity index (χ0) is 18.9. The number of carbonyl (C=O) groups excluding carboxylic acids is 1. The average molecular weight is 357 g/mol. The summed E-state index contributed by atoms with van der Waals surface area (Å²) in [6, 6.07) is 6.16. The van der Waals surface area contributed by atoms with Gasteiger partial charge in [0.05, 0.1) is 18.1 Å². The molecule has 0 bridgehead atoms. The summed E-state index contributed by atoms with van der Waals surface area (Å²) in [5, 5.41) is 0. The second-order valence-electron chi connectivity index (χ2n) is 6.90. The lowest BCUT2D eigenvalue weighted by Crippen LogP contribution is -2.19. The minimum absolute atomic E-state index is 0.349. The van der Waals surface area contributed by atoms with Crippen LogP contribution in [0.4, 0.5) is 0 Å². The Morgan fingerprint density at radius 3 is 2.77 bits per heavy atom. The third-order valence-electron chi connectivity index (χ3n) is 4.49. The minimum Gasteiger partial charge on any atom is -0.466 e. The van der Waals surface area contributed by atoms with Gasteiger partial charge in [-0.2, -0.15) is 0 Å². The van der Waals surface area contributed by atoms with Gasteiger partial charge in [-0.05, 0) is 44.3 Å². The van der Waals surface area contributed by atoms with Crippen LogP contribution in [0, 0.1) is 0 Å². The van der Waals surface area contributed by atoms with Crippen molar-refractivity contribution >= 4 is 23.1 Å². The van der Waals surface area contributed by atoms with Crippen LogP contribution in [0.2, 0.25) is 0 Å². The van der Waals surface area contributed by atoms with Crippen LogP contribution in [0.5, 0.6) is 0 Å². The number of rotatable bonds is 10. The summed E-state index contributed by atoms with van der Waals surface area (Å²) in [5.74, 6) is 0.810. The van der Waals surface area contributed by atoms with Gasteiger partial charge in [-0.15, -0.1) is 0 Å². The Balaban J connectivity index is 2.26. The monoisotopic (exact) mass is 357 g/mol.